The van der Waals surface area contributed by atoms with Gasteiger partial charge in [-0.05, 0) is 36.5 Å². The molecule has 0 spiro atoms. The van der Waals surface area contributed by atoms with Crippen molar-refractivity contribution in [2.75, 3.05) is 13.2 Å². The molecule has 11 heteroatoms. The van der Waals surface area contributed by atoms with E-state index in [1.54, 1.807) is 24.3 Å². The second-order valence-corrected chi connectivity index (χ2v) is 9.69. The molecule has 3 amide bonds. The second-order valence-electron chi connectivity index (χ2n) is 9.69. The number of benzene rings is 2. The fourth-order valence-electron chi connectivity index (χ4n) is 4.93. The molecule has 4 atom stereocenters. The third kappa shape index (κ3) is 6.62. The molecule has 4 rings (SSSR count). The number of hydrogen-bond donors (Lipinski definition) is 6. The van der Waals surface area contributed by atoms with Crippen LogP contribution >= 0.6 is 0 Å². The Hall–Kier alpha value is -4.22. The van der Waals surface area contributed by atoms with Crippen molar-refractivity contribution in [1.29, 1.82) is 0 Å². The number of aliphatic carboxylic acids is 1. The number of likely N-dealkylation sites (tertiary alicyclic amines) is 1. The average Bonchev–Trinajstić information content (AvgIpc) is 3.59. The van der Waals surface area contributed by atoms with E-state index in [0.29, 0.717) is 25.8 Å². The van der Waals surface area contributed by atoms with Gasteiger partial charge in [0.1, 0.15) is 18.1 Å². The number of fused-ring (bicyclic) bond motifs is 1. The summed E-state index contributed by atoms with van der Waals surface area (Å²) in [6, 6.07) is 12.3. The quantitative estimate of drug-likeness (QED) is 0.205. The summed E-state index contributed by atoms with van der Waals surface area (Å²) in [7, 11) is 0. The molecule has 0 radical (unpaired) electrons. The molecule has 39 heavy (non-hydrogen) atoms. The Labute approximate surface area is 225 Å². The summed E-state index contributed by atoms with van der Waals surface area (Å²) in [5.74, 6) is -3.02. The summed E-state index contributed by atoms with van der Waals surface area (Å²) in [5, 5.41) is 24.5. The van der Waals surface area contributed by atoms with Crippen molar-refractivity contribution in [3.05, 3.63) is 71.9 Å². The number of carbonyl (C=O) groups is 4. The fourth-order valence-corrected chi connectivity index (χ4v) is 4.93. The highest BCUT2D eigenvalue weighted by molar-refractivity contribution is 5.95. The molecule has 4 unspecified atom stereocenters. The smallest absolute Gasteiger partial charge is 0.328 e. The Balaban J connectivity index is 1.46. The number of nitrogens with two attached hydrogens (primary N) is 1. The molecule has 2 heterocycles. The molecule has 3 aromatic rings. The molecule has 1 aromatic heterocycles. The first kappa shape index (κ1) is 27.8. The number of hydrogen-bond acceptors (Lipinski definition) is 6. The normalized spacial score (nSPS) is 17.4. The summed E-state index contributed by atoms with van der Waals surface area (Å²) in [6.07, 6.45) is 3.23. The summed E-state index contributed by atoms with van der Waals surface area (Å²) < 4.78 is 0. The first-order chi connectivity index (χ1) is 18.8. The van der Waals surface area contributed by atoms with Gasteiger partial charge in [0, 0.05) is 30.1 Å². The highest BCUT2D eigenvalue weighted by atomic mass is 16.4. The Morgan fingerprint density at radius 1 is 1.00 bits per heavy atom. The van der Waals surface area contributed by atoms with Gasteiger partial charge < -0.3 is 36.5 Å². The number of H-pyrrole nitrogens is 1. The standard InChI is InChI=1S/C28H33N5O6/c29-20(14-18-15-30-21-10-5-4-9-19(18)21)27(37)33-12-6-11-24(33)26(36)31-22(13-17-7-2-1-3-8-17)25(35)32-23(16-34)28(38)39/h1-5,7-10,15,20,22-24,30,34H,6,11-14,16,29H2,(H,31,36)(H,32,35)(H,38,39). The van der Waals surface area contributed by atoms with Crippen LogP contribution < -0.4 is 16.4 Å². The summed E-state index contributed by atoms with van der Waals surface area (Å²) in [5.41, 5.74) is 8.91. The van der Waals surface area contributed by atoms with Gasteiger partial charge in [-0.3, -0.25) is 14.4 Å². The maximum atomic E-state index is 13.4. The fraction of sp³-hybridized carbons (Fsp3) is 0.357. The lowest BCUT2D eigenvalue weighted by Crippen LogP contribution is -2.57. The highest BCUT2D eigenvalue weighted by Gasteiger charge is 2.38. The SMILES string of the molecule is NC(Cc1c[nH]c2ccccc12)C(=O)N1CCCC1C(=O)NC(Cc1ccccc1)C(=O)NC(CO)C(=O)O. The van der Waals surface area contributed by atoms with E-state index in [-0.39, 0.29) is 12.3 Å². The number of aliphatic hydroxyl groups is 1. The van der Waals surface area contributed by atoms with Crippen LogP contribution in [0.25, 0.3) is 10.9 Å². The first-order valence-corrected chi connectivity index (χ1v) is 12.9. The topological polar surface area (TPSA) is 178 Å². The van der Waals surface area contributed by atoms with E-state index < -0.39 is 48.6 Å². The lowest BCUT2D eigenvalue weighted by Gasteiger charge is -2.28. The Morgan fingerprint density at radius 3 is 2.44 bits per heavy atom. The van der Waals surface area contributed by atoms with Gasteiger partial charge in [-0.2, -0.15) is 0 Å². The zero-order valence-corrected chi connectivity index (χ0v) is 21.4. The molecule has 0 bridgehead atoms. The van der Waals surface area contributed by atoms with Gasteiger partial charge in [0.05, 0.1) is 12.6 Å². The summed E-state index contributed by atoms with van der Waals surface area (Å²) in [4.78, 5) is 55.6. The number of aromatic nitrogens is 1. The maximum absolute atomic E-state index is 13.4. The Morgan fingerprint density at radius 2 is 1.72 bits per heavy atom. The van der Waals surface area contributed by atoms with Crippen molar-refractivity contribution in [2.45, 2.75) is 49.9 Å². The van der Waals surface area contributed by atoms with Gasteiger partial charge in [-0.25, -0.2) is 4.79 Å². The number of para-hydroxylation sites is 1. The molecule has 206 valence electrons. The number of aromatic amines is 1. The third-order valence-corrected chi connectivity index (χ3v) is 6.98. The van der Waals surface area contributed by atoms with E-state index in [2.05, 4.69) is 15.6 Å². The van der Waals surface area contributed by atoms with Crippen molar-refractivity contribution < 1.29 is 29.4 Å². The average molecular weight is 536 g/mol. The monoisotopic (exact) mass is 535 g/mol. The maximum Gasteiger partial charge on any atom is 0.328 e. The molecular formula is C28H33N5O6. The highest BCUT2D eigenvalue weighted by Crippen LogP contribution is 2.22. The molecule has 0 aliphatic carbocycles. The number of carbonyl (C=O) groups excluding carboxylic acids is 3. The number of nitrogens with zero attached hydrogens (tertiary/aromatic N) is 1. The number of aliphatic hydroxyl groups excluding tert-OH is 1. The second kappa shape index (κ2) is 12.5. The van der Waals surface area contributed by atoms with Crippen LogP contribution in [0.4, 0.5) is 0 Å². The molecular weight excluding hydrogens is 502 g/mol. The summed E-state index contributed by atoms with van der Waals surface area (Å²) in [6.45, 7) is -0.439. The molecule has 1 saturated heterocycles. The number of carboxylic acid groups (broad SMARTS) is 1. The molecule has 1 aliphatic rings. The van der Waals surface area contributed by atoms with Gasteiger partial charge in [-0.15, -0.1) is 0 Å². The van der Waals surface area contributed by atoms with Crippen LogP contribution in [0, 0.1) is 0 Å². The molecule has 11 nitrogen and oxygen atoms in total. The van der Waals surface area contributed by atoms with E-state index in [1.807, 2.05) is 36.5 Å². The van der Waals surface area contributed by atoms with Crippen molar-refractivity contribution in [3.8, 4) is 0 Å². The predicted molar refractivity (Wildman–Crippen MR) is 143 cm³/mol. The van der Waals surface area contributed by atoms with Gasteiger partial charge in [0.15, 0.2) is 0 Å². The Bertz CT molecular complexity index is 1330. The number of rotatable bonds is 11. The number of amides is 3. The van der Waals surface area contributed by atoms with Crippen LogP contribution in [0.2, 0.25) is 0 Å². The zero-order chi connectivity index (χ0) is 27.9. The van der Waals surface area contributed by atoms with Crippen LogP contribution in [0.1, 0.15) is 24.0 Å². The first-order valence-electron chi connectivity index (χ1n) is 12.9. The van der Waals surface area contributed by atoms with Crippen LogP contribution in [0.3, 0.4) is 0 Å². The van der Waals surface area contributed by atoms with E-state index in [9.17, 15) is 29.4 Å². The van der Waals surface area contributed by atoms with Crippen molar-refractivity contribution >= 4 is 34.6 Å². The van der Waals surface area contributed by atoms with Crippen molar-refractivity contribution in [2.24, 2.45) is 5.73 Å². The van der Waals surface area contributed by atoms with Gasteiger partial charge in [0.2, 0.25) is 17.7 Å². The van der Waals surface area contributed by atoms with Crippen LogP contribution in [0.15, 0.2) is 60.8 Å². The van der Waals surface area contributed by atoms with Gasteiger partial charge in [-0.1, -0.05) is 48.5 Å². The van der Waals surface area contributed by atoms with E-state index in [0.717, 1.165) is 22.0 Å². The molecule has 7 N–H and O–H groups in total. The van der Waals surface area contributed by atoms with Crippen LogP contribution in [0.5, 0.6) is 0 Å². The van der Waals surface area contributed by atoms with Crippen LogP contribution in [-0.4, -0.2) is 81.1 Å². The predicted octanol–water partition coefficient (Wildman–Crippen LogP) is 0.318. The van der Waals surface area contributed by atoms with Crippen molar-refractivity contribution in [3.63, 3.8) is 0 Å². The van der Waals surface area contributed by atoms with E-state index in [4.69, 9.17) is 5.73 Å². The molecule has 1 aliphatic heterocycles. The summed E-state index contributed by atoms with van der Waals surface area (Å²) >= 11 is 0. The molecule has 0 saturated carbocycles. The molecule has 1 fully saturated rings. The zero-order valence-electron chi connectivity index (χ0n) is 21.4. The lowest BCUT2D eigenvalue weighted by molar-refractivity contribution is -0.144. The van der Waals surface area contributed by atoms with Gasteiger partial charge in [0.25, 0.3) is 0 Å². The van der Waals surface area contributed by atoms with Crippen LogP contribution in [-0.2, 0) is 32.0 Å². The van der Waals surface area contributed by atoms with Gasteiger partial charge >= 0.3 is 5.97 Å². The molecule has 2 aromatic carbocycles. The van der Waals surface area contributed by atoms with Crippen molar-refractivity contribution in [1.82, 2.24) is 20.5 Å². The largest absolute Gasteiger partial charge is 0.480 e. The Kier molecular flexibility index (Phi) is 8.95. The minimum absolute atomic E-state index is 0.0942. The van der Waals surface area contributed by atoms with E-state index >= 15 is 0 Å². The third-order valence-electron chi connectivity index (χ3n) is 6.98. The van der Waals surface area contributed by atoms with E-state index in [1.165, 1.54) is 4.90 Å². The minimum Gasteiger partial charge on any atom is -0.480 e. The number of nitrogens with one attached hydrogen (secondary N) is 3. The number of carboxylic acids is 1. The lowest BCUT2D eigenvalue weighted by atomic mass is 10.0. The minimum atomic E-state index is -1.51.